The Hall–Kier alpha value is -2.12. The quantitative estimate of drug-likeness (QED) is 0.666. The fraction of sp³-hybridized carbons (Fsp3) is 0.692. The van der Waals surface area contributed by atoms with Gasteiger partial charge in [0, 0.05) is 25.3 Å². The smallest absolute Gasteiger partial charge is 0.315 e. The number of hydrogen-bond donors (Lipinski definition) is 3. The maximum absolute atomic E-state index is 11.7. The van der Waals surface area contributed by atoms with Crippen molar-refractivity contribution in [2.24, 2.45) is 5.92 Å². The van der Waals surface area contributed by atoms with Gasteiger partial charge in [-0.25, -0.2) is 4.79 Å². The Bertz CT molecular complexity index is 454. The fourth-order valence-corrected chi connectivity index (χ4v) is 2.52. The van der Waals surface area contributed by atoms with Crippen LogP contribution < -0.4 is 10.6 Å². The van der Waals surface area contributed by atoms with Crippen LogP contribution in [-0.2, 0) is 11.3 Å². The van der Waals surface area contributed by atoms with E-state index in [4.69, 9.17) is 5.11 Å². The number of rotatable bonds is 6. The third-order valence-corrected chi connectivity index (χ3v) is 3.73. The van der Waals surface area contributed by atoms with Crippen LogP contribution in [0.25, 0.3) is 0 Å². The SMILES string of the molecule is O=C(NCCCn1ccnn1)NC1CCC(C(=O)O)CC1. The summed E-state index contributed by atoms with van der Waals surface area (Å²) in [5, 5.41) is 22.2. The Morgan fingerprint density at radius 3 is 2.67 bits per heavy atom. The number of amides is 2. The number of aliphatic carboxylic acids is 1. The molecule has 116 valence electrons. The lowest BCUT2D eigenvalue weighted by molar-refractivity contribution is -0.142. The standard InChI is InChI=1S/C13H21N5O3/c19-12(20)10-2-4-11(5-3-10)16-13(21)14-6-1-8-18-9-7-15-17-18/h7,9-11H,1-6,8H2,(H,19,20)(H2,14,16,21). The average molecular weight is 295 g/mol. The summed E-state index contributed by atoms with van der Waals surface area (Å²) >= 11 is 0. The zero-order valence-electron chi connectivity index (χ0n) is 11.9. The molecule has 0 radical (unpaired) electrons. The molecule has 8 nitrogen and oxygen atoms in total. The van der Waals surface area contributed by atoms with Crippen molar-refractivity contribution in [2.75, 3.05) is 6.54 Å². The number of aromatic nitrogens is 3. The molecule has 0 spiro atoms. The second-order valence-electron chi connectivity index (χ2n) is 5.31. The van der Waals surface area contributed by atoms with Crippen LogP contribution in [0.15, 0.2) is 12.4 Å². The number of carboxylic acid groups (broad SMARTS) is 1. The lowest BCUT2D eigenvalue weighted by atomic mass is 9.86. The summed E-state index contributed by atoms with van der Waals surface area (Å²) in [4.78, 5) is 22.6. The first-order valence-corrected chi connectivity index (χ1v) is 7.26. The maximum atomic E-state index is 11.7. The molecule has 8 heteroatoms. The molecular formula is C13H21N5O3. The molecule has 1 saturated carbocycles. The number of nitrogens with one attached hydrogen (secondary N) is 2. The molecule has 0 atom stereocenters. The molecule has 3 N–H and O–H groups in total. The van der Waals surface area contributed by atoms with Gasteiger partial charge < -0.3 is 15.7 Å². The molecule has 1 fully saturated rings. The van der Waals surface area contributed by atoms with Crippen LogP contribution in [0.5, 0.6) is 0 Å². The van der Waals surface area contributed by atoms with Crippen molar-refractivity contribution in [3.63, 3.8) is 0 Å². The van der Waals surface area contributed by atoms with E-state index in [1.165, 1.54) is 0 Å². The molecule has 1 aliphatic rings. The minimum Gasteiger partial charge on any atom is -0.481 e. The Morgan fingerprint density at radius 2 is 2.05 bits per heavy atom. The van der Waals surface area contributed by atoms with E-state index in [9.17, 15) is 9.59 Å². The van der Waals surface area contributed by atoms with Crippen molar-refractivity contribution < 1.29 is 14.7 Å². The lowest BCUT2D eigenvalue weighted by Crippen LogP contribution is -2.44. The Labute approximate surface area is 122 Å². The largest absolute Gasteiger partial charge is 0.481 e. The van der Waals surface area contributed by atoms with Gasteiger partial charge in [-0.15, -0.1) is 5.10 Å². The molecule has 1 aromatic heterocycles. The summed E-state index contributed by atoms with van der Waals surface area (Å²) in [6.07, 6.45) is 6.89. The van der Waals surface area contributed by atoms with E-state index in [1.54, 1.807) is 17.1 Å². The molecule has 0 unspecified atom stereocenters. The highest BCUT2D eigenvalue weighted by Gasteiger charge is 2.26. The van der Waals surface area contributed by atoms with Crippen LogP contribution in [0.1, 0.15) is 32.1 Å². The third kappa shape index (κ3) is 5.05. The first-order chi connectivity index (χ1) is 10.1. The van der Waals surface area contributed by atoms with E-state index in [1.807, 2.05) is 0 Å². The molecule has 1 aliphatic carbocycles. The number of carbonyl (C=O) groups excluding carboxylic acids is 1. The van der Waals surface area contributed by atoms with Gasteiger partial charge in [0.2, 0.25) is 0 Å². The van der Waals surface area contributed by atoms with Crippen molar-refractivity contribution in [1.82, 2.24) is 25.6 Å². The molecule has 0 saturated heterocycles. The van der Waals surface area contributed by atoms with Gasteiger partial charge >= 0.3 is 12.0 Å². The van der Waals surface area contributed by atoms with Gasteiger partial charge in [-0.05, 0) is 32.1 Å². The highest BCUT2D eigenvalue weighted by molar-refractivity contribution is 5.74. The van der Waals surface area contributed by atoms with Crippen LogP contribution in [0.4, 0.5) is 4.79 Å². The number of urea groups is 1. The molecule has 1 aromatic rings. The van der Waals surface area contributed by atoms with E-state index < -0.39 is 5.97 Å². The van der Waals surface area contributed by atoms with Crippen LogP contribution >= 0.6 is 0 Å². The second-order valence-corrected chi connectivity index (χ2v) is 5.31. The molecule has 2 amide bonds. The van der Waals surface area contributed by atoms with Crippen LogP contribution in [0.2, 0.25) is 0 Å². The summed E-state index contributed by atoms with van der Waals surface area (Å²) in [7, 11) is 0. The predicted octanol–water partition coefficient (Wildman–Crippen LogP) is 0.611. The highest BCUT2D eigenvalue weighted by Crippen LogP contribution is 2.24. The molecule has 0 aromatic carbocycles. The van der Waals surface area contributed by atoms with Crippen molar-refractivity contribution in [2.45, 2.75) is 44.7 Å². The van der Waals surface area contributed by atoms with E-state index in [0.29, 0.717) is 25.9 Å². The van der Waals surface area contributed by atoms with E-state index in [2.05, 4.69) is 20.9 Å². The normalized spacial score (nSPS) is 21.7. The average Bonchev–Trinajstić information content (AvgIpc) is 2.97. The topological polar surface area (TPSA) is 109 Å². The Morgan fingerprint density at radius 1 is 1.29 bits per heavy atom. The van der Waals surface area contributed by atoms with Gasteiger partial charge in [-0.3, -0.25) is 9.48 Å². The van der Waals surface area contributed by atoms with Crippen molar-refractivity contribution in [3.05, 3.63) is 12.4 Å². The number of aryl methyl sites for hydroxylation is 1. The molecule has 2 rings (SSSR count). The van der Waals surface area contributed by atoms with Crippen LogP contribution in [-0.4, -0.2) is 44.7 Å². The molecule has 0 bridgehead atoms. The van der Waals surface area contributed by atoms with E-state index >= 15 is 0 Å². The summed E-state index contributed by atoms with van der Waals surface area (Å²) in [6.45, 7) is 1.28. The molecule has 0 aliphatic heterocycles. The number of hydrogen-bond acceptors (Lipinski definition) is 4. The van der Waals surface area contributed by atoms with E-state index in [0.717, 1.165) is 19.3 Å². The maximum Gasteiger partial charge on any atom is 0.315 e. The minimum absolute atomic E-state index is 0.0796. The summed E-state index contributed by atoms with van der Waals surface area (Å²) < 4.78 is 1.72. The van der Waals surface area contributed by atoms with Gasteiger partial charge in [0.1, 0.15) is 0 Å². The first-order valence-electron chi connectivity index (χ1n) is 7.26. The first kappa shape index (κ1) is 15.3. The third-order valence-electron chi connectivity index (χ3n) is 3.73. The predicted molar refractivity (Wildman–Crippen MR) is 74.6 cm³/mol. The lowest BCUT2D eigenvalue weighted by Gasteiger charge is -2.26. The number of carbonyl (C=O) groups is 2. The summed E-state index contributed by atoms with van der Waals surface area (Å²) in [5.74, 6) is -0.986. The van der Waals surface area contributed by atoms with Gasteiger partial charge in [0.15, 0.2) is 0 Å². The van der Waals surface area contributed by atoms with E-state index in [-0.39, 0.29) is 18.0 Å². The summed E-state index contributed by atoms with van der Waals surface area (Å²) in [5.41, 5.74) is 0. The Kier molecular flexibility index (Phi) is 5.53. The monoisotopic (exact) mass is 295 g/mol. The van der Waals surface area contributed by atoms with Crippen LogP contribution in [0.3, 0.4) is 0 Å². The van der Waals surface area contributed by atoms with Gasteiger partial charge in [-0.1, -0.05) is 5.21 Å². The van der Waals surface area contributed by atoms with Gasteiger partial charge in [-0.2, -0.15) is 0 Å². The zero-order chi connectivity index (χ0) is 15.1. The highest BCUT2D eigenvalue weighted by atomic mass is 16.4. The molecule has 1 heterocycles. The number of carboxylic acids is 1. The van der Waals surface area contributed by atoms with Crippen molar-refractivity contribution >= 4 is 12.0 Å². The van der Waals surface area contributed by atoms with Crippen molar-refractivity contribution in [1.29, 1.82) is 0 Å². The van der Waals surface area contributed by atoms with Crippen molar-refractivity contribution in [3.8, 4) is 0 Å². The number of nitrogens with zero attached hydrogens (tertiary/aromatic N) is 3. The zero-order valence-corrected chi connectivity index (χ0v) is 11.9. The molecular weight excluding hydrogens is 274 g/mol. The summed E-state index contributed by atoms with van der Waals surface area (Å²) in [6, 6.07) is -0.108. The van der Waals surface area contributed by atoms with Gasteiger partial charge in [0.05, 0.1) is 12.1 Å². The fourth-order valence-electron chi connectivity index (χ4n) is 2.52. The minimum atomic E-state index is -0.731. The second kappa shape index (κ2) is 7.61. The Balaban J connectivity index is 1.56. The van der Waals surface area contributed by atoms with Gasteiger partial charge in [0.25, 0.3) is 0 Å². The van der Waals surface area contributed by atoms with Crippen LogP contribution in [0, 0.1) is 5.92 Å². The molecule has 21 heavy (non-hydrogen) atoms.